The van der Waals surface area contributed by atoms with Crippen LogP contribution in [-0.2, 0) is 9.59 Å². The van der Waals surface area contributed by atoms with E-state index in [9.17, 15) is 9.59 Å². The molecule has 0 saturated heterocycles. The van der Waals surface area contributed by atoms with E-state index in [-0.39, 0.29) is 4.70 Å². The molecule has 0 rings (SSSR count). The molecular formula is C5H9FN2O2. The molecule has 58 valence electrons. The van der Waals surface area contributed by atoms with Crippen LogP contribution in [0.25, 0.3) is 0 Å². The fraction of sp³-hybridized carbons (Fsp3) is 0.200. The summed E-state index contributed by atoms with van der Waals surface area (Å²) < 4.78 is 0. The largest absolute Gasteiger partial charge is 0.361 e. The van der Waals surface area contributed by atoms with Gasteiger partial charge < -0.3 is 11.5 Å². The van der Waals surface area contributed by atoms with Gasteiger partial charge in [-0.2, -0.15) is 0 Å². The fourth-order valence-electron chi connectivity index (χ4n) is 0. The van der Waals surface area contributed by atoms with E-state index < -0.39 is 11.8 Å². The van der Waals surface area contributed by atoms with E-state index in [1.165, 1.54) is 0 Å². The van der Waals surface area contributed by atoms with Crippen LogP contribution in [0.1, 0.15) is 6.92 Å². The molecule has 0 aromatic carbocycles. The van der Waals surface area contributed by atoms with Crippen molar-refractivity contribution >= 4 is 11.8 Å². The number of rotatable bonds is 0. The molecule has 5 heteroatoms. The minimum atomic E-state index is -1.10. The van der Waals surface area contributed by atoms with Gasteiger partial charge in [0, 0.05) is 0 Å². The summed E-state index contributed by atoms with van der Waals surface area (Å²) in [5, 5.41) is 0. The van der Waals surface area contributed by atoms with E-state index in [2.05, 4.69) is 23.8 Å². The molecule has 4 N–H and O–H groups in total. The van der Waals surface area contributed by atoms with E-state index in [4.69, 9.17) is 0 Å². The Hall–Kier alpha value is -1.57. The molecule has 0 aliphatic heterocycles. The molecule has 2 amide bonds. The van der Waals surface area contributed by atoms with Gasteiger partial charge in [0.05, 0.1) is 0 Å². The van der Waals surface area contributed by atoms with Crippen LogP contribution in [-0.4, -0.2) is 11.8 Å². The van der Waals surface area contributed by atoms with Gasteiger partial charge in [-0.25, -0.2) is 0 Å². The number of carbonyl (C=O) groups is 2. The number of terminal acetylenes is 1. The smallest absolute Gasteiger partial charge is 0.306 e. The van der Waals surface area contributed by atoms with Crippen LogP contribution in [0.3, 0.4) is 0 Å². The maximum Gasteiger partial charge on any atom is 0.306 e. The Bertz CT molecular complexity index is 138. The van der Waals surface area contributed by atoms with Gasteiger partial charge in [0.25, 0.3) is 0 Å². The lowest BCUT2D eigenvalue weighted by atomic mass is 10.6. The van der Waals surface area contributed by atoms with Crippen LogP contribution in [0, 0.1) is 12.3 Å². The van der Waals surface area contributed by atoms with E-state index in [0.717, 1.165) is 0 Å². The third-order valence-electron chi connectivity index (χ3n) is 0.243. The van der Waals surface area contributed by atoms with Crippen molar-refractivity contribution in [3.63, 3.8) is 0 Å². The lowest BCUT2D eigenvalue weighted by Gasteiger charge is -1.75. The monoisotopic (exact) mass is 148 g/mol. The maximum absolute atomic E-state index is 9.45. The summed E-state index contributed by atoms with van der Waals surface area (Å²) in [6.45, 7) is 1.65. The number of nitrogens with two attached hydrogens (primary N) is 2. The van der Waals surface area contributed by atoms with Crippen LogP contribution in [0.15, 0.2) is 0 Å². The Balaban J connectivity index is -0.000000107. The molecule has 0 fully saturated rings. The molecule has 0 bridgehead atoms. The average Bonchev–Trinajstić information content (AvgIpc) is 1.68. The number of hydrogen-bond donors (Lipinski definition) is 2. The van der Waals surface area contributed by atoms with Crippen molar-refractivity contribution in [2.45, 2.75) is 6.92 Å². The van der Waals surface area contributed by atoms with Crippen LogP contribution in [0.4, 0.5) is 4.70 Å². The lowest BCUT2D eigenvalue weighted by Crippen LogP contribution is -2.29. The van der Waals surface area contributed by atoms with E-state index in [1.54, 1.807) is 6.92 Å². The summed E-state index contributed by atoms with van der Waals surface area (Å²) in [4.78, 5) is 18.9. The number of amides is 2. The molecule has 0 unspecified atom stereocenters. The van der Waals surface area contributed by atoms with E-state index in [1.807, 2.05) is 0 Å². The molecule has 0 atom stereocenters. The molecule has 0 heterocycles. The first kappa shape index (κ1) is 15.8. The number of hydrogen-bond acceptors (Lipinski definition) is 2. The minimum Gasteiger partial charge on any atom is -0.361 e. The summed E-state index contributed by atoms with van der Waals surface area (Å²) >= 11 is 0. The van der Waals surface area contributed by atoms with Crippen molar-refractivity contribution in [2.24, 2.45) is 11.5 Å². The standard InChI is InChI=1S/C3H4.C2H4N2O2.FH/c1-3-2;3-1(5)2(4)6;/h1H,2H3;(H2,3,5)(H2,4,6);1H. The zero-order valence-corrected chi connectivity index (χ0v) is 5.46. The minimum absolute atomic E-state index is 0. The quantitative estimate of drug-likeness (QED) is 0.332. The van der Waals surface area contributed by atoms with Gasteiger partial charge in [0.2, 0.25) is 0 Å². The predicted molar refractivity (Wildman–Crippen MR) is 35.4 cm³/mol. The van der Waals surface area contributed by atoms with E-state index >= 15 is 0 Å². The van der Waals surface area contributed by atoms with Gasteiger partial charge in [-0.15, -0.1) is 12.3 Å². The molecular weight excluding hydrogens is 139 g/mol. The first-order valence-corrected chi connectivity index (χ1v) is 2.02. The molecule has 0 radical (unpaired) electrons. The maximum atomic E-state index is 9.45. The lowest BCUT2D eigenvalue weighted by molar-refractivity contribution is -0.135. The Kier molecular flexibility index (Phi) is 16.4. The first-order chi connectivity index (χ1) is 4.06. The molecule has 0 aliphatic carbocycles. The molecule has 0 saturated carbocycles. The second kappa shape index (κ2) is 10.4. The second-order valence-corrected chi connectivity index (χ2v) is 1.02. The Morgan fingerprint density at radius 3 is 1.40 bits per heavy atom. The zero-order valence-electron chi connectivity index (χ0n) is 5.46. The molecule has 4 nitrogen and oxygen atoms in total. The van der Waals surface area contributed by atoms with Gasteiger partial charge in [-0.1, -0.05) is 0 Å². The van der Waals surface area contributed by atoms with Crippen LogP contribution in [0.5, 0.6) is 0 Å². The Labute approximate surface area is 57.9 Å². The fourth-order valence-corrected chi connectivity index (χ4v) is 0. The highest BCUT2D eigenvalue weighted by Gasteiger charge is 1.96. The highest BCUT2D eigenvalue weighted by Crippen LogP contribution is 1.44. The van der Waals surface area contributed by atoms with Gasteiger partial charge in [0.1, 0.15) is 0 Å². The predicted octanol–water partition coefficient (Wildman–Crippen LogP) is -1.25. The number of carbonyl (C=O) groups excluding carboxylic acids is 2. The van der Waals surface area contributed by atoms with Gasteiger partial charge in [-0.3, -0.25) is 14.3 Å². The molecule has 0 aliphatic rings. The molecule has 0 aromatic rings. The van der Waals surface area contributed by atoms with Gasteiger partial charge >= 0.3 is 11.8 Å². The van der Waals surface area contributed by atoms with Crippen molar-refractivity contribution in [1.29, 1.82) is 0 Å². The summed E-state index contributed by atoms with van der Waals surface area (Å²) in [6, 6.07) is 0. The molecule has 0 aromatic heterocycles. The van der Waals surface area contributed by atoms with Crippen LogP contribution < -0.4 is 11.5 Å². The Morgan fingerprint density at radius 2 is 1.40 bits per heavy atom. The third kappa shape index (κ3) is 32.1. The Morgan fingerprint density at radius 1 is 1.30 bits per heavy atom. The average molecular weight is 148 g/mol. The van der Waals surface area contributed by atoms with Crippen molar-refractivity contribution in [3.05, 3.63) is 0 Å². The van der Waals surface area contributed by atoms with Crippen LogP contribution in [0.2, 0.25) is 0 Å². The van der Waals surface area contributed by atoms with Crippen molar-refractivity contribution < 1.29 is 14.3 Å². The number of primary amides is 2. The van der Waals surface area contributed by atoms with Crippen molar-refractivity contribution in [1.82, 2.24) is 0 Å². The highest BCUT2D eigenvalue weighted by atomic mass is 19.0. The summed E-state index contributed by atoms with van der Waals surface area (Å²) in [6.07, 6.45) is 4.60. The SMILES string of the molecule is C#CC.F.NC(=O)C(N)=O. The molecule has 0 spiro atoms. The van der Waals surface area contributed by atoms with E-state index in [0.29, 0.717) is 0 Å². The normalized spacial score (nSPS) is 5.20. The van der Waals surface area contributed by atoms with Crippen LogP contribution >= 0.6 is 0 Å². The summed E-state index contributed by atoms with van der Waals surface area (Å²) in [7, 11) is 0. The van der Waals surface area contributed by atoms with Gasteiger partial charge in [-0.05, 0) is 6.92 Å². The number of halogens is 1. The third-order valence-corrected chi connectivity index (χ3v) is 0.243. The zero-order chi connectivity index (χ0) is 7.86. The summed E-state index contributed by atoms with van der Waals surface area (Å²) in [5.41, 5.74) is 8.64. The summed E-state index contributed by atoms with van der Waals surface area (Å²) in [5.74, 6) is 0.0463. The van der Waals surface area contributed by atoms with Crippen molar-refractivity contribution in [3.8, 4) is 12.3 Å². The van der Waals surface area contributed by atoms with Gasteiger partial charge in [0.15, 0.2) is 0 Å². The second-order valence-electron chi connectivity index (χ2n) is 1.02. The highest BCUT2D eigenvalue weighted by molar-refractivity contribution is 6.33. The molecule has 10 heavy (non-hydrogen) atoms. The van der Waals surface area contributed by atoms with Crippen molar-refractivity contribution in [2.75, 3.05) is 0 Å². The topological polar surface area (TPSA) is 86.2 Å². The first-order valence-electron chi connectivity index (χ1n) is 2.02.